The van der Waals surface area contributed by atoms with Gasteiger partial charge in [-0.3, -0.25) is 4.79 Å². The maximum atomic E-state index is 11.7. The number of hydrogen-bond acceptors (Lipinski definition) is 4. The number of carbonyl (C=O) groups is 2. The van der Waals surface area contributed by atoms with Crippen molar-refractivity contribution in [2.24, 2.45) is 0 Å². The van der Waals surface area contributed by atoms with Gasteiger partial charge in [0.1, 0.15) is 12.1 Å². The molecule has 0 aromatic heterocycles. The second-order valence-corrected chi connectivity index (χ2v) is 5.05. The summed E-state index contributed by atoms with van der Waals surface area (Å²) in [7, 11) is 0. The van der Waals surface area contributed by atoms with Crippen LogP contribution < -0.4 is 10.6 Å². The Hall–Kier alpha value is -1.14. The first kappa shape index (κ1) is 13.3. The van der Waals surface area contributed by atoms with Crippen molar-refractivity contribution in [3.8, 4) is 0 Å². The molecule has 6 heteroatoms. The van der Waals surface area contributed by atoms with Crippen molar-refractivity contribution in [3.05, 3.63) is 0 Å². The second kappa shape index (κ2) is 5.67. The van der Waals surface area contributed by atoms with Crippen LogP contribution in [0.25, 0.3) is 0 Å². The number of carboxylic acid groups (broad SMARTS) is 1. The Balaban J connectivity index is 1.73. The van der Waals surface area contributed by atoms with Crippen molar-refractivity contribution >= 4 is 11.9 Å². The minimum Gasteiger partial charge on any atom is -0.480 e. The molecule has 0 bridgehead atoms. The topological polar surface area (TPSA) is 87.7 Å². The Morgan fingerprint density at radius 1 is 1.33 bits per heavy atom. The third kappa shape index (κ3) is 3.00. The van der Waals surface area contributed by atoms with E-state index < -0.39 is 11.5 Å². The van der Waals surface area contributed by atoms with Crippen LogP contribution in [0.2, 0.25) is 0 Å². The first-order chi connectivity index (χ1) is 8.62. The lowest BCUT2D eigenvalue weighted by molar-refractivity contribution is -0.153. The maximum Gasteiger partial charge on any atom is 0.329 e. The quantitative estimate of drug-likeness (QED) is 0.638. The van der Waals surface area contributed by atoms with Crippen LogP contribution in [-0.2, 0) is 14.3 Å². The molecule has 0 aromatic rings. The van der Waals surface area contributed by atoms with E-state index in [4.69, 9.17) is 9.84 Å². The predicted molar refractivity (Wildman–Crippen MR) is 64.2 cm³/mol. The van der Waals surface area contributed by atoms with E-state index in [1.54, 1.807) is 0 Å². The van der Waals surface area contributed by atoms with E-state index >= 15 is 0 Å². The minimum absolute atomic E-state index is 0.0420. The molecule has 3 N–H and O–H groups in total. The van der Waals surface area contributed by atoms with E-state index in [0.717, 1.165) is 32.4 Å². The average Bonchev–Trinajstić information content (AvgIpc) is 2.32. The molecule has 0 spiro atoms. The van der Waals surface area contributed by atoms with E-state index in [0.29, 0.717) is 12.8 Å². The molecule has 18 heavy (non-hydrogen) atoms. The van der Waals surface area contributed by atoms with E-state index in [1.807, 2.05) is 0 Å². The molecule has 1 aliphatic carbocycles. The zero-order valence-electron chi connectivity index (χ0n) is 10.4. The summed E-state index contributed by atoms with van der Waals surface area (Å²) < 4.78 is 5.49. The van der Waals surface area contributed by atoms with Gasteiger partial charge in [-0.25, -0.2) is 4.79 Å². The molecule has 1 saturated heterocycles. The second-order valence-electron chi connectivity index (χ2n) is 5.05. The van der Waals surface area contributed by atoms with E-state index in [1.165, 1.54) is 0 Å². The van der Waals surface area contributed by atoms with Gasteiger partial charge in [0.05, 0.1) is 6.10 Å². The predicted octanol–water partition coefficient (Wildman–Crippen LogP) is -0.121. The highest BCUT2D eigenvalue weighted by Gasteiger charge is 2.45. The molecule has 0 unspecified atom stereocenters. The normalized spacial score (nSPS) is 23.1. The van der Waals surface area contributed by atoms with Gasteiger partial charge in [0.25, 0.3) is 0 Å². The molecule has 0 aromatic carbocycles. The molecule has 2 fully saturated rings. The molecule has 6 nitrogen and oxygen atoms in total. The molecule has 0 radical (unpaired) electrons. The summed E-state index contributed by atoms with van der Waals surface area (Å²) in [5.74, 6) is -1.26. The van der Waals surface area contributed by atoms with Crippen LogP contribution in [-0.4, -0.2) is 48.3 Å². The van der Waals surface area contributed by atoms with Gasteiger partial charge in [-0.2, -0.15) is 0 Å². The number of hydrogen-bond donors (Lipinski definition) is 3. The molecular formula is C12H20N2O4. The zero-order valence-corrected chi connectivity index (χ0v) is 10.4. The Labute approximate surface area is 106 Å². The number of carboxylic acids is 1. The Kier molecular flexibility index (Phi) is 4.19. The lowest BCUT2D eigenvalue weighted by Crippen LogP contribution is -2.59. The fourth-order valence-corrected chi connectivity index (χ4v) is 2.38. The van der Waals surface area contributed by atoms with Crippen LogP contribution >= 0.6 is 0 Å². The first-order valence-corrected chi connectivity index (χ1v) is 6.49. The lowest BCUT2D eigenvalue weighted by atomic mass is 9.77. The standard InChI is InChI=1S/C12H20N2O4/c15-10(8-18-9-2-6-13-7-3-9)14-12(11(16)17)4-1-5-12/h9,13H,1-8H2,(H,14,15)(H,16,17). The number of piperidine rings is 1. The van der Waals surface area contributed by atoms with Crippen LogP contribution in [0.5, 0.6) is 0 Å². The van der Waals surface area contributed by atoms with Gasteiger partial charge in [-0.05, 0) is 45.2 Å². The van der Waals surface area contributed by atoms with Gasteiger partial charge in [-0.1, -0.05) is 0 Å². The number of aliphatic carboxylic acids is 1. The summed E-state index contributed by atoms with van der Waals surface area (Å²) in [6, 6.07) is 0. The number of ether oxygens (including phenoxy) is 1. The molecule has 102 valence electrons. The highest BCUT2D eigenvalue weighted by atomic mass is 16.5. The van der Waals surface area contributed by atoms with Crippen LogP contribution in [0.1, 0.15) is 32.1 Å². The summed E-state index contributed by atoms with van der Waals surface area (Å²) in [6.45, 7) is 1.77. The minimum atomic E-state index is -1.03. The summed E-state index contributed by atoms with van der Waals surface area (Å²) in [5, 5.41) is 14.9. The molecule has 1 saturated carbocycles. The molecule has 0 atom stereocenters. The summed E-state index contributed by atoms with van der Waals surface area (Å²) >= 11 is 0. The van der Waals surface area contributed by atoms with Crippen molar-refractivity contribution in [2.45, 2.75) is 43.7 Å². The maximum absolute atomic E-state index is 11.7. The van der Waals surface area contributed by atoms with Crippen LogP contribution in [0.3, 0.4) is 0 Å². The number of carbonyl (C=O) groups excluding carboxylic acids is 1. The molecule has 1 heterocycles. The zero-order chi connectivity index (χ0) is 13.0. The number of rotatable bonds is 5. The van der Waals surface area contributed by atoms with Gasteiger partial charge in [-0.15, -0.1) is 0 Å². The van der Waals surface area contributed by atoms with Crippen molar-refractivity contribution in [3.63, 3.8) is 0 Å². The highest BCUT2D eigenvalue weighted by molar-refractivity contribution is 5.88. The molecular weight excluding hydrogens is 236 g/mol. The average molecular weight is 256 g/mol. The van der Waals surface area contributed by atoms with Crippen molar-refractivity contribution in [1.29, 1.82) is 0 Å². The SMILES string of the molecule is O=C(COC1CCNCC1)NC1(C(=O)O)CCC1. The van der Waals surface area contributed by atoms with Gasteiger partial charge in [0, 0.05) is 0 Å². The van der Waals surface area contributed by atoms with Crippen molar-refractivity contribution < 1.29 is 19.4 Å². The lowest BCUT2D eigenvalue weighted by Gasteiger charge is -2.38. The molecule has 2 aliphatic rings. The highest BCUT2D eigenvalue weighted by Crippen LogP contribution is 2.31. The number of nitrogens with one attached hydrogen (secondary N) is 2. The van der Waals surface area contributed by atoms with Crippen LogP contribution in [0.15, 0.2) is 0 Å². The van der Waals surface area contributed by atoms with Crippen molar-refractivity contribution in [2.75, 3.05) is 19.7 Å². The summed E-state index contributed by atoms with van der Waals surface area (Å²) in [4.78, 5) is 22.8. The van der Waals surface area contributed by atoms with E-state index in [2.05, 4.69) is 10.6 Å². The summed E-state index contributed by atoms with van der Waals surface area (Å²) in [6.07, 6.45) is 3.79. The molecule has 1 amide bonds. The molecule has 2 rings (SSSR count). The van der Waals surface area contributed by atoms with E-state index in [9.17, 15) is 9.59 Å². The Bertz CT molecular complexity index is 322. The smallest absolute Gasteiger partial charge is 0.329 e. The summed E-state index contributed by atoms with van der Waals surface area (Å²) in [5.41, 5.74) is -1.03. The fourth-order valence-electron chi connectivity index (χ4n) is 2.38. The largest absolute Gasteiger partial charge is 0.480 e. The fraction of sp³-hybridized carbons (Fsp3) is 0.833. The van der Waals surface area contributed by atoms with Crippen molar-refractivity contribution in [1.82, 2.24) is 10.6 Å². The van der Waals surface area contributed by atoms with Gasteiger partial charge >= 0.3 is 5.97 Å². The number of amides is 1. The third-order valence-electron chi connectivity index (χ3n) is 3.73. The van der Waals surface area contributed by atoms with Gasteiger partial charge in [0.2, 0.25) is 5.91 Å². The molecule has 1 aliphatic heterocycles. The van der Waals surface area contributed by atoms with Gasteiger partial charge < -0.3 is 20.5 Å². The van der Waals surface area contributed by atoms with Crippen LogP contribution in [0, 0.1) is 0 Å². The Morgan fingerprint density at radius 3 is 2.50 bits per heavy atom. The first-order valence-electron chi connectivity index (χ1n) is 6.49. The van der Waals surface area contributed by atoms with E-state index in [-0.39, 0.29) is 18.6 Å². The monoisotopic (exact) mass is 256 g/mol. The van der Waals surface area contributed by atoms with Crippen LogP contribution in [0.4, 0.5) is 0 Å². The third-order valence-corrected chi connectivity index (χ3v) is 3.73. The van der Waals surface area contributed by atoms with Gasteiger partial charge in [0.15, 0.2) is 0 Å². The Morgan fingerprint density at radius 2 is 2.00 bits per heavy atom.